The van der Waals surface area contributed by atoms with Crippen LogP contribution in [-0.4, -0.2) is 9.13 Å². The number of hydrogen-bond acceptors (Lipinski definition) is 1. The fraction of sp³-hybridized carbons (Fsp3) is 0. The van der Waals surface area contributed by atoms with Gasteiger partial charge in [0.05, 0.1) is 22.1 Å². The molecule has 3 aromatic heterocycles. The van der Waals surface area contributed by atoms with E-state index < -0.39 is 0 Å². The van der Waals surface area contributed by atoms with Crippen molar-refractivity contribution in [2.45, 2.75) is 0 Å². The summed E-state index contributed by atoms with van der Waals surface area (Å²) in [4.78, 5) is 0. The van der Waals surface area contributed by atoms with Gasteiger partial charge in [-0.25, -0.2) is 0 Å². The van der Waals surface area contributed by atoms with Gasteiger partial charge in [-0.2, -0.15) is 0 Å². The van der Waals surface area contributed by atoms with Crippen LogP contribution >= 0.6 is 0 Å². The number of fused-ring (bicyclic) bond motifs is 9. The second kappa shape index (κ2) is 9.22. The van der Waals surface area contributed by atoms with Gasteiger partial charge in [0.15, 0.2) is 0 Å². The zero-order valence-corrected chi connectivity index (χ0v) is 24.3. The monoisotopic (exact) mass is 574 g/mol. The van der Waals surface area contributed by atoms with E-state index in [9.17, 15) is 0 Å². The Morgan fingerprint density at radius 2 is 0.933 bits per heavy atom. The minimum atomic E-state index is 0.918. The predicted molar refractivity (Wildman–Crippen MR) is 188 cm³/mol. The van der Waals surface area contributed by atoms with E-state index >= 15 is 0 Å². The molecule has 10 rings (SSSR count). The van der Waals surface area contributed by atoms with E-state index in [1.165, 1.54) is 49.3 Å². The fourth-order valence-corrected chi connectivity index (χ4v) is 7.35. The minimum Gasteiger partial charge on any atom is -0.455 e. The lowest BCUT2D eigenvalue weighted by atomic mass is 10.0. The summed E-state index contributed by atoms with van der Waals surface area (Å²) >= 11 is 0. The normalized spacial score (nSPS) is 12.0. The molecule has 0 spiro atoms. The molecule has 45 heavy (non-hydrogen) atoms. The Balaban J connectivity index is 1.21. The first-order valence-electron chi connectivity index (χ1n) is 15.4. The molecule has 0 atom stereocenters. The Hall–Kier alpha value is -6.06. The highest BCUT2D eigenvalue weighted by molar-refractivity contribution is 6.14. The van der Waals surface area contributed by atoms with Crippen molar-refractivity contribution >= 4 is 65.6 Å². The Labute approximate surface area is 258 Å². The van der Waals surface area contributed by atoms with Crippen LogP contribution in [0.2, 0.25) is 0 Å². The number of hydrogen-bond donors (Lipinski definition) is 0. The van der Waals surface area contributed by atoms with Gasteiger partial charge in [-0.15, -0.1) is 0 Å². The van der Waals surface area contributed by atoms with E-state index in [1.54, 1.807) is 0 Å². The fourth-order valence-electron chi connectivity index (χ4n) is 7.35. The number of furan rings is 1. The third-order valence-electron chi connectivity index (χ3n) is 9.32. The molecule has 0 bridgehead atoms. The summed E-state index contributed by atoms with van der Waals surface area (Å²) in [7, 11) is 0. The molecule has 3 heterocycles. The first kappa shape index (κ1) is 24.4. The lowest BCUT2D eigenvalue weighted by molar-refractivity contribution is 0.670. The average Bonchev–Trinajstić information content (AvgIpc) is 3.76. The van der Waals surface area contributed by atoms with Crippen LogP contribution in [-0.2, 0) is 0 Å². The summed E-state index contributed by atoms with van der Waals surface area (Å²) in [6, 6.07) is 56.5. The Morgan fingerprint density at radius 1 is 0.356 bits per heavy atom. The molecule has 3 nitrogen and oxygen atoms in total. The van der Waals surface area contributed by atoms with Gasteiger partial charge < -0.3 is 13.6 Å². The standard InChI is InChI=1S/C42H26N2O/c1-2-11-28(12-3-1)43-37-18-7-5-14-32(37)36-26-29(22-24-40(36)43)44-38-19-8-4-13-31(38)35-25-27(21-23-39(35)44)30-16-10-17-34-33-15-6-9-20-41(33)45-42(30)34/h1-26H. The quantitative estimate of drug-likeness (QED) is 0.206. The van der Waals surface area contributed by atoms with Gasteiger partial charge in [0.1, 0.15) is 11.2 Å². The van der Waals surface area contributed by atoms with Crippen LogP contribution in [0.25, 0.3) is 88.1 Å². The first-order chi connectivity index (χ1) is 22.3. The molecule has 7 aromatic carbocycles. The molecule has 0 amide bonds. The van der Waals surface area contributed by atoms with Crippen molar-refractivity contribution in [1.29, 1.82) is 0 Å². The van der Waals surface area contributed by atoms with Crippen LogP contribution in [0.4, 0.5) is 0 Å². The molecular formula is C42H26N2O. The second-order valence-corrected chi connectivity index (χ2v) is 11.8. The Kier molecular flexibility index (Phi) is 5.00. The average molecular weight is 575 g/mol. The molecule has 0 aliphatic heterocycles. The van der Waals surface area contributed by atoms with Gasteiger partial charge in [-0.3, -0.25) is 0 Å². The number of rotatable bonds is 3. The molecule has 10 aromatic rings. The van der Waals surface area contributed by atoms with Gasteiger partial charge in [0, 0.05) is 49.3 Å². The van der Waals surface area contributed by atoms with E-state index in [-0.39, 0.29) is 0 Å². The van der Waals surface area contributed by atoms with E-state index in [0.717, 1.165) is 38.8 Å². The molecule has 0 radical (unpaired) electrons. The van der Waals surface area contributed by atoms with Crippen molar-refractivity contribution in [3.63, 3.8) is 0 Å². The van der Waals surface area contributed by atoms with Crippen LogP contribution in [0.5, 0.6) is 0 Å². The topological polar surface area (TPSA) is 23.0 Å². The number of benzene rings is 7. The lowest BCUT2D eigenvalue weighted by Crippen LogP contribution is -1.95. The van der Waals surface area contributed by atoms with Crippen molar-refractivity contribution < 1.29 is 4.42 Å². The molecule has 0 fully saturated rings. The largest absolute Gasteiger partial charge is 0.455 e. The maximum atomic E-state index is 6.41. The van der Waals surface area contributed by atoms with Crippen LogP contribution in [0.1, 0.15) is 0 Å². The molecule has 0 saturated carbocycles. The zero-order chi connectivity index (χ0) is 29.5. The highest BCUT2D eigenvalue weighted by atomic mass is 16.3. The molecule has 0 N–H and O–H groups in total. The van der Waals surface area contributed by atoms with Gasteiger partial charge in [-0.05, 0) is 66.2 Å². The van der Waals surface area contributed by atoms with E-state index in [4.69, 9.17) is 4.42 Å². The van der Waals surface area contributed by atoms with Gasteiger partial charge in [-0.1, -0.05) is 97.1 Å². The van der Waals surface area contributed by atoms with Crippen LogP contribution in [0.15, 0.2) is 162 Å². The third-order valence-corrected chi connectivity index (χ3v) is 9.32. The first-order valence-corrected chi connectivity index (χ1v) is 15.4. The van der Waals surface area contributed by atoms with Gasteiger partial charge >= 0.3 is 0 Å². The second-order valence-electron chi connectivity index (χ2n) is 11.8. The van der Waals surface area contributed by atoms with Gasteiger partial charge in [0.25, 0.3) is 0 Å². The lowest BCUT2D eigenvalue weighted by Gasteiger charge is -2.10. The Bertz CT molecular complexity index is 2760. The highest BCUT2D eigenvalue weighted by Gasteiger charge is 2.18. The molecule has 0 unspecified atom stereocenters. The molecule has 0 saturated heterocycles. The summed E-state index contributed by atoms with van der Waals surface area (Å²) < 4.78 is 11.2. The smallest absolute Gasteiger partial charge is 0.143 e. The summed E-state index contributed by atoms with van der Waals surface area (Å²) in [5, 5.41) is 7.25. The van der Waals surface area contributed by atoms with Crippen molar-refractivity contribution in [2.24, 2.45) is 0 Å². The number of nitrogens with zero attached hydrogens (tertiary/aromatic N) is 2. The molecule has 0 aliphatic carbocycles. The summed E-state index contributed by atoms with van der Waals surface area (Å²) in [6.45, 7) is 0. The predicted octanol–water partition coefficient (Wildman–Crippen LogP) is 11.4. The molecule has 3 heteroatoms. The van der Waals surface area contributed by atoms with E-state index in [2.05, 4.69) is 155 Å². The van der Waals surface area contributed by atoms with Crippen molar-refractivity contribution in [2.75, 3.05) is 0 Å². The van der Waals surface area contributed by atoms with Crippen LogP contribution in [0.3, 0.4) is 0 Å². The van der Waals surface area contributed by atoms with Crippen molar-refractivity contribution in [3.05, 3.63) is 158 Å². The van der Waals surface area contributed by atoms with E-state index in [0.29, 0.717) is 0 Å². The zero-order valence-electron chi connectivity index (χ0n) is 24.3. The van der Waals surface area contributed by atoms with Crippen molar-refractivity contribution in [1.82, 2.24) is 9.13 Å². The summed E-state index contributed by atoms with van der Waals surface area (Å²) in [5.41, 5.74) is 11.2. The SMILES string of the molecule is c1ccc(-n2c3ccccc3c3cc(-n4c5ccccc5c5cc(-c6cccc7c6oc6ccccc67)ccc54)ccc32)cc1. The minimum absolute atomic E-state index is 0.918. The maximum Gasteiger partial charge on any atom is 0.143 e. The molecular weight excluding hydrogens is 548 g/mol. The van der Waals surface area contributed by atoms with Crippen LogP contribution < -0.4 is 0 Å². The molecule has 0 aliphatic rings. The summed E-state index contributed by atoms with van der Waals surface area (Å²) in [5.74, 6) is 0. The summed E-state index contributed by atoms with van der Waals surface area (Å²) in [6.07, 6.45) is 0. The highest BCUT2D eigenvalue weighted by Crippen LogP contribution is 2.40. The van der Waals surface area contributed by atoms with Crippen LogP contribution in [0, 0.1) is 0 Å². The maximum absolute atomic E-state index is 6.41. The van der Waals surface area contributed by atoms with E-state index in [1.807, 2.05) is 12.1 Å². The van der Waals surface area contributed by atoms with Crippen molar-refractivity contribution in [3.8, 4) is 22.5 Å². The van der Waals surface area contributed by atoms with Gasteiger partial charge in [0.2, 0.25) is 0 Å². The number of para-hydroxylation sites is 5. The molecule has 210 valence electrons. The Morgan fingerprint density at radius 3 is 1.71 bits per heavy atom. The third kappa shape index (κ3) is 3.46. The number of aromatic nitrogens is 2.